The number of H-pyrrole nitrogens is 1. The number of anilines is 1. The molecule has 2 rings (SSSR count). The van der Waals surface area contributed by atoms with Crippen LogP contribution in [0.4, 0.5) is 5.82 Å². The zero-order valence-electron chi connectivity index (χ0n) is 10.8. The Hall–Kier alpha value is -1.86. The van der Waals surface area contributed by atoms with Crippen LogP contribution in [0, 0.1) is 13.8 Å². The van der Waals surface area contributed by atoms with Crippen molar-refractivity contribution in [1.82, 2.24) is 14.9 Å². The first kappa shape index (κ1) is 13.6. The summed E-state index contributed by atoms with van der Waals surface area (Å²) in [5.74, 6) is 0.364. The lowest BCUT2D eigenvalue weighted by molar-refractivity contribution is 0.581. The van der Waals surface area contributed by atoms with E-state index in [1.54, 1.807) is 18.2 Å². The minimum Gasteiger partial charge on any atom is -0.384 e. The third kappa shape index (κ3) is 2.94. The predicted molar refractivity (Wildman–Crippen MR) is 72.9 cm³/mol. The Morgan fingerprint density at radius 3 is 2.63 bits per heavy atom. The summed E-state index contributed by atoms with van der Waals surface area (Å²) in [6.07, 6.45) is 1.50. The molecular weight excluding hydrogens is 264 g/mol. The molecule has 0 aliphatic carbocycles. The summed E-state index contributed by atoms with van der Waals surface area (Å²) < 4.78 is 26.7. The molecule has 4 N–H and O–H groups in total. The van der Waals surface area contributed by atoms with Crippen molar-refractivity contribution in [3.05, 3.63) is 41.1 Å². The number of aromatic amines is 1. The fourth-order valence-corrected chi connectivity index (χ4v) is 2.69. The van der Waals surface area contributed by atoms with E-state index in [1.165, 1.54) is 6.20 Å². The molecule has 7 heteroatoms. The van der Waals surface area contributed by atoms with E-state index in [4.69, 9.17) is 5.73 Å². The molecule has 1 heterocycles. The molecule has 19 heavy (non-hydrogen) atoms. The van der Waals surface area contributed by atoms with Crippen LogP contribution >= 0.6 is 0 Å². The molecule has 0 fully saturated rings. The van der Waals surface area contributed by atoms with E-state index < -0.39 is 10.0 Å². The Labute approximate surface area is 112 Å². The van der Waals surface area contributed by atoms with Crippen molar-refractivity contribution in [3.63, 3.8) is 0 Å². The van der Waals surface area contributed by atoms with Gasteiger partial charge in [0.1, 0.15) is 5.82 Å². The third-order valence-electron chi connectivity index (χ3n) is 2.99. The van der Waals surface area contributed by atoms with Crippen LogP contribution in [0.5, 0.6) is 0 Å². The molecule has 0 saturated carbocycles. The quantitative estimate of drug-likeness (QED) is 0.780. The van der Waals surface area contributed by atoms with Crippen molar-refractivity contribution in [2.24, 2.45) is 0 Å². The molecule has 2 aromatic rings. The zero-order valence-corrected chi connectivity index (χ0v) is 11.6. The van der Waals surface area contributed by atoms with Gasteiger partial charge in [0.15, 0.2) is 0 Å². The van der Waals surface area contributed by atoms with Gasteiger partial charge in [0, 0.05) is 12.1 Å². The molecule has 6 nitrogen and oxygen atoms in total. The zero-order chi connectivity index (χ0) is 14.0. The van der Waals surface area contributed by atoms with E-state index in [-0.39, 0.29) is 11.4 Å². The van der Waals surface area contributed by atoms with Gasteiger partial charge in [-0.3, -0.25) is 5.10 Å². The molecule has 0 aliphatic rings. The van der Waals surface area contributed by atoms with E-state index in [0.717, 1.165) is 11.1 Å². The fraction of sp³-hybridized carbons (Fsp3) is 0.250. The number of nitrogens with two attached hydrogens (primary N) is 1. The number of nitrogen functional groups attached to an aromatic ring is 1. The maximum absolute atomic E-state index is 12.1. The smallest absolute Gasteiger partial charge is 0.240 e. The van der Waals surface area contributed by atoms with Crippen LogP contribution in [0.25, 0.3) is 0 Å². The highest BCUT2D eigenvalue weighted by Crippen LogP contribution is 2.15. The van der Waals surface area contributed by atoms with Gasteiger partial charge in [-0.25, -0.2) is 13.1 Å². The van der Waals surface area contributed by atoms with Gasteiger partial charge in [-0.1, -0.05) is 6.07 Å². The average Bonchev–Trinajstić information content (AvgIpc) is 2.76. The molecule has 0 amide bonds. The molecule has 0 bridgehead atoms. The topological polar surface area (TPSA) is 101 Å². The van der Waals surface area contributed by atoms with E-state index in [0.29, 0.717) is 11.4 Å². The van der Waals surface area contributed by atoms with E-state index in [9.17, 15) is 8.42 Å². The second-order valence-electron chi connectivity index (χ2n) is 4.38. The van der Waals surface area contributed by atoms with Crippen molar-refractivity contribution < 1.29 is 8.42 Å². The normalized spacial score (nSPS) is 11.7. The Morgan fingerprint density at radius 1 is 1.32 bits per heavy atom. The maximum atomic E-state index is 12.1. The van der Waals surface area contributed by atoms with Crippen LogP contribution in [-0.4, -0.2) is 18.6 Å². The monoisotopic (exact) mass is 280 g/mol. The van der Waals surface area contributed by atoms with Gasteiger partial charge in [0.25, 0.3) is 0 Å². The summed E-state index contributed by atoms with van der Waals surface area (Å²) >= 11 is 0. The van der Waals surface area contributed by atoms with Gasteiger partial charge < -0.3 is 5.73 Å². The van der Waals surface area contributed by atoms with Crippen LogP contribution in [0.3, 0.4) is 0 Å². The highest BCUT2D eigenvalue weighted by molar-refractivity contribution is 7.89. The molecule has 0 aliphatic heterocycles. The number of aromatic nitrogens is 2. The Kier molecular flexibility index (Phi) is 3.59. The molecule has 0 atom stereocenters. The van der Waals surface area contributed by atoms with Crippen LogP contribution in [0.1, 0.15) is 16.7 Å². The van der Waals surface area contributed by atoms with Gasteiger partial charge in [-0.2, -0.15) is 5.10 Å². The first-order valence-corrected chi connectivity index (χ1v) is 7.23. The number of nitrogens with zero attached hydrogens (tertiary/aromatic N) is 1. The minimum absolute atomic E-state index is 0.109. The summed E-state index contributed by atoms with van der Waals surface area (Å²) in [6.45, 7) is 3.92. The molecule has 0 saturated heterocycles. The largest absolute Gasteiger partial charge is 0.384 e. The van der Waals surface area contributed by atoms with E-state index >= 15 is 0 Å². The highest BCUT2D eigenvalue weighted by Gasteiger charge is 2.15. The summed E-state index contributed by atoms with van der Waals surface area (Å²) in [7, 11) is -3.54. The molecule has 0 radical (unpaired) electrons. The molecule has 1 aromatic carbocycles. The predicted octanol–water partition coefficient (Wildman–Crippen LogP) is 1.09. The van der Waals surface area contributed by atoms with E-state index in [1.807, 2.05) is 13.8 Å². The highest BCUT2D eigenvalue weighted by atomic mass is 32.2. The minimum atomic E-state index is -3.54. The Morgan fingerprint density at radius 2 is 2.05 bits per heavy atom. The Bertz CT molecular complexity index is 692. The number of rotatable bonds is 4. The van der Waals surface area contributed by atoms with Gasteiger partial charge >= 0.3 is 0 Å². The molecule has 0 spiro atoms. The Balaban J connectivity index is 2.18. The van der Waals surface area contributed by atoms with Crippen LogP contribution in [0.15, 0.2) is 29.3 Å². The summed E-state index contributed by atoms with van der Waals surface area (Å²) in [5, 5.41) is 6.29. The molecule has 0 unspecified atom stereocenters. The second kappa shape index (κ2) is 5.02. The maximum Gasteiger partial charge on any atom is 0.240 e. The van der Waals surface area contributed by atoms with Crippen molar-refractivity contribution in [2.75, 3.05) is 5.73 Å². The number of nitrogens with one attached hydrogen (secondary N) is 2. The third-order valence-corrected chi connectivity index (χ3v) is 4.39. The fourth-order valence-electron chi connectivity index (χ4n) is 1.60. The lowest BCUT2D eigenvalue weighted by atomic mass is 10.1. The lowest BCUT2D eigenvalue weighted by Gasteiger charge is -2.08. The van der Waals surface area contributed by atoms with Crippen molar-refractivity contribution in [2.45, 2.75) is 25.3 Å². The van der Waals surface area contributed by atoms with Gasteiger partial charge in [-0.05, 0) is 37.1 Å². The second-order valence-corrected chi connectivity index (χ2v) is 6.15. The average molecular weight is 280 g/mol. The van der Waals surface area contributed by atoms with Crippen LogP contribution in [-0.2, 0) is 16.6 Å². The number of hydrogen-bond acceptors (Lipinski definition) is 4. The molecular formula is C12H16N4O2S. The van der Waals surface area contributed by atoms with E-state index in [2.05, 4.69) is 14.9 Å². The molecule has 1 aromatic heterocycles. The number of sulfonamides is 1. The number of aryl methyl sites for hydroxylation is 2. The summed E-state index contributed by atoms with van der Waals surface area (Å²) in [5.41, 5.74) is 8.21. The van der Waals surface area contributed by atoms with Crippen LogP contribution < -0.4 is 10.5 Å². The lowest BCUT2D eigenvalue weighted by Crippen LogP contribution is -2.23. The van der Waals surface area contributed by atoms with Crippen molar-refractivity contribution >= 4 is 15.8 Å². The van der Waals surface area contributed by atoms with Crippen molar-refractivity contribution in [3.8, 4) is 0 Å². The first-order chi connectivity index (χ1) is 8.90. The molecule has 102 valence electrons. The first-order valence-electron chi connectivity index (χ1n) is 5.75. The summed E-state index contributed by atoms with van der Waals surface area (Å²) in [4.78, 5) is 0.248. The van der Waals surface area contributed by atoms with Gasteiger partial charge in [0.2, 0.25) is 10.0 Å². The van der Waals surface area contributed by atoms with Crippen molar-refractivity contribution in [1.29, 1.82) is 0 Å². The SMILES string of the molecule is Cc1ccc(S(=O)(=O)NCc2cn[nH]c2N)cc1C. The van der Waals surface area contributed by atoms with Gasteiger partial charge in [-0.15, -0.1) is 0 Å². The van der Waals surface area contributed by atoms with Gasteiger partial charge in [0.05, 0.1) is 11.1 Å². The summed E-state index contributed by atoms with van der Waals surface area (Å²) in [6, 6.07) is 5.02. The number of benzene rings is 1. The number of hydrogen-bond donors (Lipinski definition) is 3. The standard InChI is InChI=1S/C12H16N4O2S/c1-8-3-4-11(5-9(8)2)19(17,18)15-7-10-6-14-16-12(10)13/h3-6,15H,7H2,1-2H3,(H3,13,14,16). The van der Waals surface area contributed by atoms with Crippen LogP contribution in [0.2, 0.25) is 0 Å².